The Morgan fingerprint density at radius 3 is 2.18 bits per heavy atom. The fraction of sp³-hybridized carbons (Fsp3) is 0.600. The molecule has 0 aliphatic rings. The van der Waals surface area contributed by atoms with E-state index in [1.54, 1.807) is 0 Å². The number of rotatable bonds is 6. The number of aryl methyl sites for hydroxylation is 2. The minimum Gasteiger partial charge on any atom is -0.179 e. The van der Waals surface area contributed by atoms with Gasteiger partial charge in [-0.1, -0.05) is 43.2 Å². The minimum absolute atomic E-state index is 0.731. The average molecular weight is 268 g/mol. The Balaban J connectivity index is 2.45. The van der Waals surface area contributed by atoms with E-state index in [-0.39, 0.29) is 0 Å². The van der Waals surface area contributed by atoms with Crippen molar-refractivity contribution in [2.75, 3.05) is 11.5 Å². The fourth-order valence-electron chi connectivity index (χ4n) is 1.94. The molecule has 0 saturated heterocycles. The van der Waals surface area contributed by atoms with E-state index in [9.17, 15) is 0 Å². The maximum atomic E-state index is 4.43. The second kappa shape index (κ2) is 7.38. The molecule has 0 bridgehead atoms. The number of hydrogen-bond donors (Lipinski definition) is 1. The Morgan fingerprint density at radius 2 is 1.71 bits per heavy atom. The van der Waals surface area contributed by atoms with Crippen molar-refractivity contribution in [2.24, 2.45) is 11.8 Å². The summed E-state index contributed by atoms with van der Waals surface area (Å²) in [6.45, 7) is 8.92. The van der Waals surface area contributed by atoms with Gasteiger partial charge < -0.3 is 0 Å². The normalized spacial score (nSPS) is 13.1. The molecule has 0 amide bonds. The largest absolute Gasteiger partial charge is 0.179 e. The minimum atomic E-state index is 0.731. The summed E-state index contributed by atoms with van der Waals surface area (Å²) in [5.41, 5.74) is 4.19. The van der Waals surface area contributed by atoms with Crippen molar-refractivity contribution in [1.29, 1.82) is 0 Å². The summed E-state index contributed by atoms with van der Waals surface area (Å²) in [6, 6.07) is 6.83. The van der Waals surface area contributed by atoms with Crippen LogP contribution in [0.5, 0.6) is 0 Å². The SMILES string of the molecule is Cc1cc(C)cc(CSCC(CS)C(C)C)c1. The first-order chi connectivity index (χ1) is 8.02. The lowest BCUT2D eigenvalue weighted by molar-refractivity contribution is 0.473. The van der Waals surface area contributed by atoms with E-state index in [1.165, 1.54) is 22.4 Å². The highest BCUT2D eigenvalue weighted by molar-refractivity contribution is 7.98. The maximum Gasteiger partial charge on any atom is 0.0184 e. The molecule has 1 atom stereocenters. The van der Waals surface area contributed by atoms with Crippen LogP contribution in [0, 0.1) is 25.7 Å². The van der Waals surface area contributed by atoms with Gasteiger partial charge in [-0.2, -0.15) is 24.4 Å². The van der Waals surface area contributed by atoms with Crippen molar-refractivity contribution in [1.82, 2.24) is 0 Å². The van der Waals surface area contributed by atoms with Crippen molar-refractivity contribution < 1.29 is 0 Å². The lowest BCUT2D eigenvalue weighted by Gasteiger charge is -2.17. The van der Waals surface area contributed by atoms with Gasteiger partial charge in [0.05, 0.1) is 0 Å². The quantitative estimate of drug-likeness (QED) is 0.727. The van der Waals surface area contributed by atoms with Crippen LogP contribution in [-0.4, -0.2) is 11.5 Å². The average Bonchev–Trinajstić information content (AvgIpc) is 2.22. The van der Waals surface area contributed by atoms with E-state index < -0.39 is 0 Å². The van der Waals surface area contributed by atoms with E-state index in [2.05, 4.69) is 58.5 Å². The van der Waals surface area contributed by atoms with Gasteiger partial charge in [0, 0.05) is 5.75 Å². The molecule has 0 heterocycles. The van der Waals surface area contributed by atoms with Crippen LogP contribution in [0.3, 0.4) is 0 Å². The highest BCUT2D eigenvalue weighted by atomic mass is 32.2. The zero-order valence-corrected chi connectivity index (χ0v) is 13.1. The summed E-state index contributed by atoms with van der Waals surface area (Å²) < 4.78 is 0. The molecule has 0 saturated carbocycles. The molecule has 0 aliphatic carbocycles. The molecule has 0 N–H and O–H groups in total. The summed E-state index contributed by atoms with van der Waals surface area (Å²) in [5.74, 6) is 4.80. The van der Waals surface area contributed by atoms with Gasteiger partial charge in [-0.25, -0.2) is 0 Å². The Kier molecular flexibility index (Phi) is 6.50. The second-order valence-electron chi connectivity index (χ2n) is 5.20. The zero-order chi connectivity index (χ0) is 12.8. The van der Waals surface area contributed by atoms with Crippen LogP contribution in [0.15, 0.2) is 18.2 Å². The maximum absolute atomic E-state index is 4.43. The Bertz CT molecular complexity index is 325. The number of thioether (sulfide) groups is 1. The number of thiol groups is 1. The summed E-state index contributed by atoms with van der Waals surface area (Å²) >= 11 is 6.47. The van der Waals surface area contributed by atoms with Crippen LogP contribution in [0.4, 0.5) is 0 Å². The lowest BCUT2D eigenvalue weighted by atomic mass is 10.0. The van der Waals surface area contributed by atoms with Crippen molar-refractivity contribution in [3.05, 3.63) is 34.9 Å². The number of benzene rings is 1. The summed E-state index contributed by atoms with van der Waals surface area (Å²) in [5, 5.41) is 0. The van der Waals surface area contributed by atoms with Gasteiger partial charge in [-0.15, -0.1) is 0 Å². The Hall–Kier alpha value is -0.0800. The van der Waals surface area contributed by atoms with E-state index in [4.69, 9.17) is 0 Å². The van der Waals surface area contributed by atoms with Crippen LogP contribution in [0.2, 0.25) is 0 Å². The summed E-state index contributed by atoms with van der Waals surface area (Å²) in [6.07, 6.45) is 0. The fourth-order valence-corrected chi connectivity index (χ4v) is 3.99. The van der Waals surface area contributed by atoms with Crippen molar-refractivity contribution in [2.45, 2.75) is 33.4 Å². The third kappa shape index (κ3) is 5.39. The van der Waals surface area contributed by atoms with Gasteiger partial charge >= 0.3 is 0 Å². The summed E-state index contributed by atoms with van der Waals surface area (Å²) in [7, 11) is 0. The Morgan fingerprint density at radius 1 is 1.12 bits per heavy atom. The third-order valence-corrected chi connectivity index (χ3v) is 4.73. The van der Waals surface area contributed by atoms with Crippen molar-refractivity contribution in [3.63, 3.8) is 0 Å². The molecule has 0 aromatic heterocycles. The zero-order valence-electron chi connectivity index (χ0n) is 11.4. The molecule has 0 spiro atoms. The van der Waals surface area contributed by atoms with Gasteiger partial charge in [0.1, 0.15) is 0 Å². The Labute approximate surface area is 116 Å². The van der Waals surface area contributed by atoms with Gasteiger partial charge in [0.15, 0.2) is 0 Å². The van der Waals surface area contributed by atoms with Crippen LogP contribution in [0.25, 0.3) is 0 Å². The van der Waals surface area contributed by atoms with Gasteiger partial charge in [0.25, 0.3) is 0 Å². The van der Waals surface area contributed by atoms with E-state index in [0.717, 1.165) is 23.3 Å². The molecule has 1 unspecified atom stereocenters. The molecule has 1 aromatic rings. The molecule has 17 heavy (non-hydrogen) atoms. The van der Waals surface area contributed by atoms with E-state index in [0.29, 0.717) is 0 Å². The van der Waals surface area contributed by atoms with Crippen LogP contribution in [-0.2, 0) is 5.75 Å². The molecular formula is C15H24S2. The first-order valence-electron chi connectivity index (χ1n) is 6.28. The second-order valence-corrected chi connectivity index (χ2v) is 6.59. The van der Waals surface area contributed by atoms with Crippen LogP contribution < -0.4 is 0 Å². The van der Waals surface area contributed by atoms with E-state index >= 15 is 0 Å². The van der Waals surface area contributed by atoms with Gasteiger partial charge in [0.2, 0.25) is 0 Å². The van der Waals surface area contributed by atoms with Crippen molar-refractivity contribution in [3.8, 4) is 0 Å². The molecule has 0 nitrogen and oxygen atoms in total. The number of hydrogen-bond acceptors (Lipinski definition) is 2. The standard InChI is InChI=1S/C15H24S2/c1-11(2)15(8-16)10-17-9-14-6-12(3)5-13(4)7-14/h5-7,11,15-16H,8-10H2,1-4H3. The third-order valence-electron chi connectivity index (χ3n) is 3.06. The van der Waals surface area contributed by atoms with Gasteiger partial charge in [-0.05, 0) is 42.8 Å². The van der Waals surface area contributed by atoms with Crippen LogP contribution in [0.1, 0.15) is 30.5 Å². The predicted molar refractivity (Wildman–Crippen MR) is 84.3 cm³/mol. The highest BCUT2D eigenvalue weighted by Crippen LogP contribution is 2.22. The molecule has 0 aliphatic heterocycles. The molecule has 1 aromatic carbocycles. The first-order valence-corrected chi connectivity index (χ1v) is 8.07. The van der Waals surface area contributed by atoms with Crippen molar-refractivity contribution >= 4 is 24.4 Å². The molecule has 96 valence electrons. The molecule has 2 heteroatoms. The van der Waals surface area contributed by atoms with Crippen LogP contribution >= 0.6 is 24.4 Å². The smallest absolute Gasteiger partial charge is 0.0184 e. The molecule has 1 rings (SSSR count). The highest BCUT2D eigenvalue weighted by Gasteiger charge is 2.11. The monoisotopic (exact) mass is 268 g/mol. The predicted octanol–water partition coefficient (Wildman–Crippen LogP) is 4.74. The van der Waals surface area contributed by atoms with E-state index in [1.807, 2.05) is 11.8 Å². The first kappa shape index (κ1) is 15.0. The summed E-state index contributed by atoms with van der Waals surface area (Å²) in [4.78, 5) is 0. The molecule has 0 radical (unpaired) electrons. The lowest BCUT2D eigenvalue weighted by Crippen LogP contribution is -2.13. The molecular weight excluding hydrogens is 244 g/mol. The van der Waals surface area contributed by atoms with Gasteiger partial charge in [-0.3, -0.25) is 0 Å². The topological polar surface area (TPSA) is 0 Å². The molecule has 0 fully saturated rings.